The van der Waals surface area contributed by atoms with Gasteiger partial charge in [-0.05, 0) is 134 Å². The summed E-state index contributed by atoms with van der Waals surface area (Å²) in [6, 6.07) is -0.955. The Balaban J connectivity index is 1.08. The maximum absolute atomic E-state index is 13.6. The number of fused-ring (bicyclic) bond motifs is 1. The highest BCUT2D eigenvalue weighted by atomic mass is 16.6. The molecule has 2 atom stereocenters. The number of carbonyl (C=O) groups excluding carboxylic acids is 5. The van der Waals surface area contributed by atoms with Crippen LogP contribution in [0.4, 0.5) is 26.1 Å². The second-order valence-corrected chi connectivity index (χ2v) is 24.1. The van der Waals surface area contributed by atoms with Crippen LogP contribution < -0.4 is 15.5 Å². The number of hydrogen-bond donors (Lipinski definition) is 2. The monoisotopic (exact) mass is 1070 g/mol. The number of nitrogens with zero attached hydrogens (tertiary/aromatic N) is 11. The molecule has 3 aromatic rings. The van der Waals surface area contributed by atoms with Crippen LogP contribution in [0.15, 0.2) is 12.5 Å². The molecule has 6 rings (SSSR count). The Morgan fingerprint density at radius 1 is 0.750 bits per heavy atom. The van der Waals surface area contributed by atoms with E-state index in [1.807, 2.05) is 62.1 Å². The van der Waals surface area contributed by atoms with Gasteiger partial charge in [-0.25, -0.2) is 24.2 Å². The van der Waals surface area contributed by atoms with E-state index in [4.69, 9.17) is 38.6 Å². The summed E-state index contributed by atoms with van der Waals surface area (Å²) in [5.41, 5.74) is -0.998. The molecule has 1 aliphatic carbocycles. The zero-order valence-electron chi connectivity index (χ0n) is 47.4. The normalized spacial score (nSPS) is 17.4. The molecule has 3 aliphatic rings. The van der Waals surface area contributed by atoms with Crippen LogP contribution in [0.3, 0.4) is 0 Å². The van der Waals surface area contributed by atoms with Crippen molar-refractivity contribution < 1.29 is 47.7 Å². The highest BCUT2D eigenvalue weighted by Gasteiger charge is 2.33. The molecule has 0 spiro atoms. The molecular weight excluding hydrogens is 979 g/mol. The number of hydrogen-bond acceptors (Lipinski definition) is 17. The smallest absolute Gasteiger partial charge is 0.410 e. The van der Waals surface area contributed by atoms with Crippen molar-refractivity contribution in [1.82, 2.24) is 54.5 Å². The molecule has 3 fully saturated rings. The van der Waals surface area contributed by atoms with Gasteiger partial charge < -0.3 is 53.9 Å². The average Bonchev–Trinajstić information content (AvgIpc) is 3.99. The SMILES string of the molecule is CC(C)(C)OC(=O)N[C@@H](CCC(=O)N1CCN(c2nc(NCc3cn(CCCN(CCCN(C(=O)OC(C)(C)C)C4CCCCC4)C(=O)OC(C)(C)C)nn3)c3ncn(C4CCCCO4)c3n2)CC1)C(=O)OC(C)(C)C. The summed E-state index contributed by atoms with van der Waals surface area (Å²) in [6.07, 6.45) is 11.1. The molecule has 1 unspecified atom stereocenters. The van der Waals surface area contributed by atoms with E-state index in [2.05, 4.69) is 20.9 Å². The summed E-state index contributed by atoms with van der Waals surface area (Å²) in [5.74, 6) is 0.176. The molecule has 424 valence electrons. The zero-order chi connectivity index (χ0) is 55.4. The van der Waals surface area contributed by atoms with Crippen LogP contribution in [-0.4, -0.2) is 166 Å². The van der Waals surface area contributed by atoms with Gasteiger partial charge in [-0.15, -0.1) is 5.10 Å². The van der Waals surface area contributed by atoms with Crippen molar-refractivity contribution in [3.05, 3.63) is 18.2 Å². The largest absolute Gasteiger partial charge is 0.458 e. The first-order valence-corrected chi connectivity index (χ1v) is 27.4. The summed E-state index contributed by atoms with van der Waals surface area (Å²) >= 11 is 0. The third-order valence-electron chi connectivity index (χ3n) is 12.8. The molecule has 2 saturated heterocycles. The number of anilines is 2. The first-order valence-electron chi connectivity index (χ1n) is 27.4. The minimum atomic E-state index is -1.08. The second-order valence-electron chi connectivity index (χ2n) is 24.1. The second kappa shape index (κ2) is 25.9. The van der Waals surface area contributed by atoms with Crippen molar-refractivity contribution in [3.8, 4) is 0 Å². The Morgan fingerprint density at radius 3 is 2.04 bits per heavy atom. The van der Waals surface area contributed by atoms with Crippen molar-refractivity contribution in [2.45, 2.75) is 214 Å². The molecular formula is C53H87N13O10. The number of carbonyl (C=O) groups is 5. The highest BCUT2D eigenvalue weighted by Crippen LogP contribution is 2.31. The summed E-state index contributed by atoms with van der Waals surface area (Å²) < 4.78 is 32.5. The molecule has 76 heavy (non-hydrogen) atoms. The lowest BCUT2D eigenvalue weighted by molar-refractivity contribution is -0.157. The molecule has 0 radical (unpaired) electrons. The lowest BCUT2D eigenvalue weighted by Crippen LogP contribution is -2.50. The predicted molar refractivity (Wildman–Crippen MR) is 285 cm³/mol. The van der Waals surface area contributed by atoms with Crippen LogP contribution >= 0.6 is 0 Å². The first-order chi connectivity index (χ1) is 35.7. The van der Waals surface area contributed by atoms with Crippen LogP contribution in [0.1, 0.15) is 172 Å². The summed E-state index contributed by atoms with van der Waals surface area (Å²) in [6.45, 7) is 26.0. The van der Waals surface area contributed by atoms with Crippen molar-refractivity contribution in [3.63, 3.8) is 0 Å². The van der Waals surface area contributed by atoms with Crippen molar-refractivity contribution >= 4 is 53.1 Å². The van der Waals surface area contributed by atoms with Gasteiger partial charge in [0, 0.05) is 71.4 Å². The van der Waals surface area contributed by atoms with Gasteiger partial charge in [0.15, 0.2) is 17.0 Å². The van der Waals surface area contributed by atoms with Crippen molar-refractivity contribution in [2.75, 3.05) is 62.6 Å². The van der Waals surface area contributed by atoms with Gasteiger partial charge >= 0.3 is 24.2 Å². The van der Waals surface area contributed by atoms with E-state index < -0.39 is 46.6 Å². The maximum atomic E-state index is 13.6. The molecule has 5 heterocycles. The topological polar surface area (TPSA) is 243 Å². The molecule has 23 nitrogen and oxygen atoms in total. The number of ether oxygens (including phenoxy) is 5. The molecule has 0 aromatic carbocycles. The Hall–Kier alpha value is -6.00. The standard InChI is InChI=1S/C53H87N13O10/c1-50(2,3)73-45(68)39(56-47(69)74-51(4,5)6)23-24-40(67)61-29-31-62(32-30-61)46-57-43(42-44(58-46)66(36-55-42)41-22-16-17-33-72-41)54-34-37-35-64(60-59-37)27-18-25-63(48(70)75-52(7,8)9)26-19-28-65(38-20-14-13-15-21-38)49(71)76-53(10,11)12/h35-36,38-39,41H,13-34H2,1-12H3,(H,56,69)(H,54,57,58)/t39-,41?/m0/s1. The van der Waals surface area contributed by atoms with Crippen LogP contribution in [0.2, 0.25) is 0 Å². The fraction of sp³-hybridized carbons (Fsp3) is 0.774. The predicted octanol–water partition coefficient (Wildman–Crippen LogP) is 7.98. The lowest BCUT2D eigenvalue weighted by atomic mass is 9.94. The fourth-order valence-electron chi connectivity index (χ4n) is 9.29. The van der Waals surface area contributed by atoms with E-state index in [0.29, 0.717) is 100 Å². The van der Waals surface area contributed by atoms with Crippen LogP contribution in [0, 0.1) is 0 Å². The minimum absolute atomic E-state index is 0.00392. The fourth-order valence-corrected chi connectivity index (χ4v) is 9.29. The summed E-state index contributed by atoms with van der Waals surface area (Å²) in [5, 5.41) is 14.9. The number of amides is 4. The first kappa shape index (κ1) is 59.2. The van der Waals surface area contributed by atoms with Crippen molar-refractivity contribution in [2.24, 2.45) is 0 Å². The number of aryl methyl sites for hydroxylation is 1. The van der Waals surface area contributed by atoms with Gasteiger partial charge in [0.05, 0.1) is 19.1 Å². The van der Waals surface area contributed by atoms with Gasteiger partial charge in [0.1, 0.15) is 40.4 Å². The Bertz CT molecular complexity index is 2400. The zero-order valence-corrected chi connectivity index (χ0v) is 47.4. The van der Waals surface area contributed by atoms with Gasteiger partial charge in [-0.3, -0.25) is 14.0 Å². The average molecular weight is 1070 g/mol. The number of esters is 1. The Kier molecular flexibility index (Phi) is 20.2. The number of aromatic nitrogens is 7. The number of piperazine rings is 1. The lowest BCUT2D eigenvalue weighted by Gasteiger charge is -2.36. The van der Waals surface area contributed by atoms with Gasteiger partial charge in [-0.1, -0.05) is 24.5 Å². The molecule has 23 heteroatoms. The molecule has 2 N–H and O–H groups in total. The highest BCUT2D eigenvalue weighted by molar-refractivity contribution is 5.85. The number of rotatable bonds is 19. The van der Waals surface area contributed by atoms with E-state index in [1.54, 1.807) is 62.4 Å². The Labute approximate surface area is 448 Å². The quantitative estimate of drug-likeness (QED) is 0.0854. The third-order valence-corrected chi connectivity index (χ3v) is 12.8. The molecule has 0 bridgehead atoms. The number of nitrogens with one attached hydrogen (secondary N) is 2. The molecule has 3 aromatic heterocycles. The summed E-state index contributed by atoms with van der Waals surface area (Å²) in [7, 11) is 0. The van der Waals surface area contributed by atoms with Gasteiger partial charge in [0.2, 0.25) is 11.9 Å². The maximum Gasteiger partial charge on any atom is 0.410 e. The van der Waals surface area contributed by atoms with E-state index in [9.17, 15) is 24.0 Å². The van der Waals surface area contributed by atoms with Gasteiger partial charge in [-0.2, -0.15) is 9.97 Å². The van der Waals surface area contributed by atoms with Crippen LogP contribution in [0.5, 0.6) is 0 Å². The van der Waals surface area contributed by atoms with E-state index in [0.717, 1.165) is 44.9 Å². The van der Waals surface area contributed by atoms with Gasteiger partial charge in [0.25, 0.3) is 0 Å². The number of imidazole rings is 1. The Morgan fingerprint density at radius 2 is 1.39 bits per heavy atom. The van der Waals surface area contributed by atoms with Crippen LogP contribution in [-0.2, 0) is 46.4 Å². The van der Waals surface area contributed by atoms with Crippen molar-refractivity contribution in [1.29, 1.82) is 0 Å². The minimum Gasteiger partial charge on any atom is -0.458 e. The van der Waals surface area contributed by atoms with E-state index >= 15 is 0 Å². The molecule has 2 aliphatic heterocycles. The van der Waals surface area contributed by atoms with Crippen LogP contribution in [0.25, 0.3) is 11.2 Å². The summed E-state index contributed by atoms with van der Waals surface area (Å²) in [4.78, 5) is 88.4. The molecule has 1 saturated carbocycles. The third kappa shape index (κ3) is 18.6. The molecule has 4 amide bonds. The van der Waals surface area contributed by atoms with E-state index in [-0.39, 0.29) is 43.7 Å². The van der Waals surface area contributed by atoms with E-state index in [1.165, 1.54) is 6.42 Å². The number of alkyl carbamates (subject to hydrolysis) is 1.